The summed E-state index contributed by atoms with van der Waals surface area (Å²) in [7, 11) is 1.72. The van der Waals surface area contributed by atoms with Crippen LogP contribution in [-0.2, 0) is 22.6 Å². The van der Waals surface area contributed by atoms with E-state index in [1.54, 1.807) is 7.11 Å². The summed E-state index contributed by atoms with van der Waals surface area (Å²) in [6, 6.07) is 0. The van der Waals surface area contributed by atoms with Crippen LogP contribution in [0.15, 0.2) is 6.20 Å². The summed E-state index contributed by atoms with van der Waals surface area (Å²) in [5, 5.41) is 11.4. The first-order valence-electron chi connectivity index (χ1n) is 6.80. The fraction of sp³-hybridized carbons (Fsp3) is 0.846. The van der Waals surface area contributed by atoms with E-state index in [0.29, 0.717) is 13.2 Å². The lowest BCUT2D eigenvalue weighted by molar-refractivity contribution is -0.0108. The predicted molar refractivity (Wildman–Crippen MR) is 73.9 cm³/mol. The largest absolute Gasteiger partial charge is 0.379 e. The zero-order chi connectivity index (χ0) is 14.1. The molecule has 1 heterocycles. The third-order valence-corrected chi connectivity index (χ3v) is 3.01. The zero-order valence-electron chi connectivity index (χ0n) is 12.5. The number of rotatable bonds is 10. The molecule has 0 unspecified atom stereocenters. The third-order valence-electron chi connectivity index (χ3n) is 3.01. The van der Waals surface area contributed by atoms with Crippen molar-refractivity contribution >= 4 is 0 Å². The lowest BCUT2D eigenvalue weighted by Crippen LogP contribution is -2.24. The second-order valence-corrected chi connectivity index (χ2v) is 5.08. The highest BCUT2D eigenvalue weighted by Gasteiger charge is 2.15. The smallest absolute Gasteiger partial charge is 0.0964 e. The molecule has 0 atom stereocenters. The van der Waals surface area contributed by atoms with E-state index in [1.807, 2.05) is 10.9 Å². The van der Waals surface area contributed by atoms with Gasteiger partial charge in [-0.25, -0.2) is 4.68 Å². The van der Waals surface area contributed by atoms with E-state index in [-0.39, 0.29) is 5.60 Å². The normalized spacial score (nSPS) is 12.0. The monoisotopic (exact) mass is 270 g/mol. The van der Waals surface area contributed by atoms with Gasteiger partial charge in [0.05, 0.1) is 24.4 Å². The molecule has 6 nitrogen and oxygen atoms in total. The quantitative estimate of drug-likeness (QED) is 0.648. The summed E-state index contributed by atoms with van der Waals surface area (Å²) in [6.45, 7) is 9.95. The van der Waals surface area contributed by atoms with Crippen LogP contribution >= 0.6 is 0 Å². The van der Waals surface area contributed by atoms with Crippen LogP contribution in [0, 0.1) is 0 Å². The number of ether oxygens (including phenoxy) is 2. The number of hydrogen-bond acceptors (Lipinski definition) is 5. The van der Waals surface area contributed by atoms with Crippen molar-refractivity contribution in [2.45, 2.75) is 45.9 Å². The lowest BCUT2D eigenvalue weighted by Gasteiger charge is -2.22. The Hall–Kier alpha value is -0.980. The van der Waals surface area contributed by atoms with Crippen molar-refractivity contribution in [2.75, 3.05) is 26.9 Å². The average Bonchev–Trinajstić information content (AvgIpc) is 2.84. The van der Waals surface area contributed by atoms with Gasteiger partial charge in [0.15, 0.2) is 0 Å². The fourth-order valence-electron chi connectivity index (χ4n) is 1.46. The summed E-state index contributed by atoms with van der Waals surface area (Å²) in [4.78, 5) is 0. The molecule has 110 valence electrons. The van der Waals surface area contributed by atoms with Gasteiger partial charge in [0.2, 0.25) is 0 Å². The highest BCUT2D eigenvalue weighted by molar-refractivity contribution is 4.91. The molecule has 0 spiro atoms. The van der Waals surface area contributed by atoms with Gasteiger partial charge < -0.3 is 14.8 Å². The standard InChI is InChI=1S/C13H26N4O2/c1-5-14-10-12-11-17(16-15-12)7-9-19-8-6-13(2,3)18-4/h11,14H,5-10H2,1-4H3. The molecule has 19 heavy (non-hydrogen) atoms. The molecule has 1 rings (SSSR count). The van der Waals surface area contributed by atoms with E-state index in [1.165, 1.54) is 0 Å². The molecule has 1 N–H and O–H groups in total. The van der Waals surface area contributed by atoms with E-state index < -0.39 is 0 Å². The summed E-state index contributed by atoms with van der Waals surface area (Å²) in [6.07, 6.45) is 2.83. The van der Waals surface area contributed by atoms with E-state index >= 15 is 0 Å². The fourth-order valence-corrected chi connectivity index (χ4v) is 1.46. The summed E-state index contributed by atoms with van der Waals surface area (Å²) < 4.78 is 12.7. The van der Waals surface area contributed by atoms with Crippen LogP contribution in [0.3, 0.4) is 0 Å². The first-order chi connectivity index (χ1) is 9.07. The minimum absolute atomic E-state index is 0.119. The molecule has 6 heteroatoms. The van der Waals surface area contributed by atoms with Crippen molar-refractivity contribution in [1.29, 1.82) is 0 Å². The Labute approximate surface area is 115 Å². The Bertz CT molecular complexity index is 352. The molecule has 1 aromatic rings. The molecular formula is C13H26N4O2. The summed E-state index contributed by atoms with van der Waals surface area (Å²) in [5.74, 6) is 0. The van der Waals surface area contributed by atoms with Crippen LogP contribution in [0.1, 0.15) is 32.9 Å². The Kier molecular flexibility index (Phi) is 6.97. The van der Waals surface area contributed by atoms with E-state index in [2.05, 4.69) is 36.4 Å². The van der Waals surface area contributed by atoms with Crippen molar-refractivity contribution in [1.82, 2.24) is 20.3 Å². The summed E-state index contributed by atoms with van der Waals surface area (Å²) in [5.41, 5.74) is 0.842. The maximum atomic E-state index is 5.58. The van der Waals surface area contributed by atoms with Gasteiger partial charge in [-0.2, -0.15) is 0 Å². The SMILES string of the molecule is CCNCc1cn(CCOCCC(C)(C)OC)nn1. The van der Waals surface area contributed by atoms with E-state index in [9.17, 15) is 0 Å². The molecule has 0 amide bonds. The Morgan fingerprint density at radius 2 is 2.16 bits per heavy atom. The van der Waals surface area contributed by atoms with Crippen LogP contribution < -0.4 is 5.32 Å². The molecule has 0 bridgehead atoms. The molecule has 0 aliphatic heterocycles. The van der Waals surface area contributed by atoms with Crippen LogP contribution in [0.5, 0.6) is 0 Å². The van der Waals surface area contributed by atoms with Gasteiger partial charge in [-0.3, -0.25) is 0 Å². The predicted octanol–water partition coefficient (Wildman–Crippen LogP) is 1.22. The number of nitrogens with zero attached hydrogens (tertiary/aromatic N) is 3. The van der Waals surface area contributed by atoms with Crippen LogP contribution in [0.4, 0.5) is 0 Å². The molecule has 0 saturated carbocycles. The number of hydrogen-bond donors (Lipinski definition) is 1. The van der Waals surface area contributed by atoms with Gasteiger partial charge in [0.25, 0.3) is 0 Å². The highest BCUT2D eigenvalue weighted by Crippen LogP contribution is 2.12. The van der Waals surface area contributed by atoms with Crippen LogP contribution in [-0.4, -0.2) is 47.5 Å². The first-order valence-corrected chi connectivity index (χ1v) is 6.80. The Balaban J connectivity index is 2.14. The van der Waals surface area contributed by atoms with E-state index in [4.69, 9.17) is 9.47 Å². The molecule has 0 saturated heterocycles. The van der Waals surface area contributed by atoms with Gasteiger partial charge in [-0.1, -0.05) is 12.1 Å². The van der Waals surface area contributed by atoms with Gasteiger partial charge >= 0.3 is 0 Å². The first kappa shape index (κ1) is 16.1. The molecule has 0 aliphatic carbocycles. The third kappa shape index (κ3) is 6.66. The minimum Gasteiger partial charge on any atom is -0.379 e. The second-order valence-electron chi connectivity index (χ2n) is 5.08. The highest BCUT2D eigenvalue weighted by atomic mass is 16.5. The molecule has 1 aromatic heterocycles. The maximum absolute atomic E-state index is 5.58. The van der Waals surface area contributed by atoms with Crippen molar-refractivity contribution in [3.8, 4) is 0 Å². The van der Waals surface area contributed by atoms with Crippen LogP contribution in [0.25, 0.3) is 0 Å². The van der Waals surface area contributed by atoms with Crippen molar-refractivity contribution < 1.29 is 9.47 Å². The van der Waals surface area contributed by atoms with Crippen molar-refractivity contribution in [2.24, 2.45) is 0 Å². The molecule has 0 aromatic carbocycles. The number of nitrogens with one attached hydrogen (secondary N) is 1. The zero-order valence-corrected chi connectivity index (χ0v) is 12.5. The maximum Gasteiger partial charge on any atom is 0.0964 e. The Morgan fingerprint density at radius 1 is 1.37 bits per heavy atom. The molecule has 0 aliphatic rings. The number of methoxy groups -OCH3 is 1. The van der Waals surface area contributed by atoms with Gasteiger partial charge in [-0.15, -0.1) is 5.10 Å². The van der Waals surface area contributed by atoms with Gasteiger partial charge in [0.1, 0.15) is 0 Å². The topological polar surface area (TPSA) is 61.2 Å². The minimum atomic E-state index is -0.119. The molecular weight excluding hydrogens is 244 g/mol. The second kappa shape index (κ2) is 8.24. The average molecular weight is 270 g/mol. The lowest BCUT2D eigenvalue weighted by atomic mass is 10.1. The van der Waals surface area contributed by atoms with Gasteiger partial charge in [0, 0.05) is 26.5 Å². The van der Waals surface area contributed by atoms with Crippen LogP contribution in [0.2, 0.25) is 0 Å². The van der Waals surface area contributed by atoms with E-state index in [0.717, 1.165) is 31.7 Å². The molecule has 0 radical (unpaired) electrons. The number of aromatic nitrogens is 3. The summed E-state index contributed by atoms with van der Waals surface area (Å²) >= 11 is 0. The Morgan fingerprint density at radius 3 is 2.84 bits per heavy atom. The van der Waals surface area contributed by atoms with Crippen molar-refractivity contribution in [3.05, 3.63) is 11.9 Å². The van der Waals surface area contributed by atoms with Gasteiger partial charge in [-0.05, 0) is 26.8 Å². The molecule has 0 fully saturated rings. The van der Waals surface area contributed by atoms with Crippen molar-refractivity contribution in [3.63, 3.8) is 0 Å².